The molecule has 1 aromatic rings. The zero-order valence-electron chi connectivity index (χ0n) is 19.4. The van der Waals surface area contributed by atoms with E-state index in [1.165, 1.54) is 0 Å². The topological polar surface area (TPSA) is 38.8 Å². The molecule has 3 rings (SSSR count). The van der Waals surface area contributed by atoms with Gasteiger partial charge in [0.2, 0.25) is 0 Å². The van der Waals surface area contributed by atoms with Crippen LogP contribution in [0.3, 0.4) is 0 Å². The first kappa shape index (κ1) is 18.6. The van der Waals surface area contributed by atoms with E-state index in [-0.39, 0.29) is 12.1 Å². The van der Waals surface area contributed by atoms with Crippen LogP contribution in [-0.2, 0) is 0 Å². The third-order valence-electron chi connectivity index (χ3n) is 5.98. The fraction of sp³-hybridized carbons (Fsp3) is 0.682. The number of amides is 2. The Bertz CT molecular complexity index is 730. The monoisotopic (exact) mass is 408 g/mol. The summed E-state index contributed by atoms with van der Waals surface area (Å²) in [6.07, 6.45) is 4.36. The number of halogens is 1. The minimum absolute atomic E-state index is 0.0413. The van der Waals surface area contributed by atoms with Gasteiger partial charge in [-0.15, -0.1) is 0 Å². The van der Waals surface area contributed by atoms with Crippen LogP contribution in [0.15, 0.2) is 18.2 Å². The number of carbonyl (C=O) groups is 1. The summed E-state index contributed by atoms with van der Waals surface area (Å²) in [6.45, 7) is 3.68. The van der Waals surface area contributed by atoms with Crippen LogP contribution in [0.1, 0.15) is 40.4 Å². The molecule has 2 aliphatic rings. The van der Waals surface area contributed by atoms with Gasteiger partial charge in [0.1, 0.15) is 0 Å². The fourth-order valence-corrected chi connectivity index (χ4v) is 4.30. The number of aryl methyl sites for hydroxylation is 1. The molecule has 1 saturated carbocycles. The van der Waals surface area contributed by atoms with Crippen molar-refractivity contribution in [2.45, 2.75) is 45.1 Å². The summed E-state index contributed by atoms with van der Waals surface area (Å²) < 4.78 is 17.4. The smallest absolute Gasteiger partial charge is 0.317 e. The molecule has 156 valence electrons. The zero-order valence-corrected chi connectivity index (χ0v) is 18.1. The van der Waals surface area contributed by atoms with Crippen molar-refractivity contribution in [2.75, 3.05) is 51.7 Å². The summed E-state index contributed by atoms with van der Waals surface area (Å²) in [4.78, 5) is 17.7. The van der Waals surface area contributed by atoms with E-state index in [0.29, 0.717) is 25.4 Å². The van der Waals surface area contributed by atoms with Crippen LogP contribution in [-0.4, -0.2) is 68.6 Å². The van der Waals surface area contributed by atoms with E-state index in [1.807, 2.05) is 30.0 Å². The molecule has 0 unspecified atom stereocenters. The predicted octanol–water partition coefficient (Wildman–Crippen LogP) is 3.99. The van der Waals surface area contributed by atoms with Crippen molar-refractivity contribution >= 4 is 23.3 Å². The Morgan fingerprint density at radius 1 is 1.21 bits per heavy atom. The second-order valence-electron chi connectivity index (χ2n) is 8.31. The highest BCUT2D eigenvalue weighted by molar-refractivity contribution is 6.34. The molecule has 2 amide bonds. The van der Waals surface area contributed by atoms with E-state index < -0.39 is 6.50 Å². The zero-order chi connectivity index (χ0) is 21.9. The molecule has 6 heteroatoms. The predicted molar refractivity (Wildman–Crippen MR) is 117 cm³/mol. The molecule has 0 atom stereocenters. The fourth-order valence-electron chi connectivity index (χ4n) is 4.05. The normalized spacial score (nSPS) is 25.1. The van der Waals surface area contributed by atoms with Gasteiger partial charge in [-0.25, -0.2) is 4.79 Å². The average molecular weight is 409 g/mol. The number of hydrogen-bond donors (Lipinski definition) is 1. The van der Waals surface area contributed by atoms with Crippen LogP contribution < -0.4 is 10.2 Å². The molecule has 1 heterocycles. The second kappa shape index (κ2) is 9.84. The molecule has 0 spiro atoms. The third-order valence-corrected chi connectivity index (χ3v) is 6.47. The quantitative estimate of drug-likeness (QED) is 0.800. The van der Waals surface area contributed by atoms with Crippen LogP contribution in [0.25, 0.3) is 0 Å². The van der Waals surface area contributed by atoms with E-state index in [0.717, 1.165) is 55.0 Å². The number of carbonyl (C=O) groups excluding carboxylic acids is 1. The van der Waals surface area contributed by atoms with Gasteiger partial charge in [0.15, 0.2) is 0 Å². The van der Waals surface area contributed by atoms with Gasteiger partial charge in [-0.2, -0.15) is 0 Å². The Labute approximate surface area is 177 Å². The Hall–Kier alpha value is -1.46. The maximum atomic E-state index is 11.8. The van der Waals surface area contributed by atoms with Gasteiger partial charge in [0.25, 0.3) is 0 Å². The lowest BCUT2D eigenvalue weighted by molar-refractivity contribution is 0.194. The average Bonchev–Trinajstić information content (AvgIpc) is 2.71. The summed E-state index contributed by atoms with van der Waals surface area (Å²) in [5, 5.41) is 3.86. The minimum Gasteiger partial charge on any atom is -0.368 e. The number of urea groups is 1. The van der Waals surface area contributed by atoms with Gasteiger partial charge < -0.3 is 15.1 Å². The van der Waals surface area contributed by atoms with Crippen LogP contribution >= 0.6 is 11.6 Å². The number of benzene rings is 1. The van der Waals surface area contributed by atoms with Crippen LogP contribution in [0.2, 0.25) is 5.02 Å². The molecule has 1 saturated heterocycles. The van der Waals surface area contributed by atoms with Crippen molar-refractivity contribution in [3.8, 4) is 0 Å². The van der Waals surface area contributed by atoms with E-state index in [9.17, 15) is 4.79 Å². The largest absolute Gasteiger partial charge is 0.368 e. The Morgan fingerprint density at radius 3 is 2.54 bits per heavy atom. The number of nitrogens with one attached hydrogen (secondary N) is 1. The van der Waals surface area contributed by atoms with Crippen molar-refractivity contribution in [3.05, 3.63) is 28.8 Å². The van der Waals surface area contributed by atoms with Gasteiger partial charge in [-0.05, 0) is 63.1 Å². The summed E-state index contributed by atoms with van der Waals surface area (Å²) in [5.74, 6) is 0.372. The van der Waals surface area contributed by atoms with Crippen molar-refractivity contribution in [1.29, 1.82) is 0 Å². The highest BCUT2D eigenvalue weighted by Gasteiger charge is 2.24. The number of hydrogen-bond acceptors (Lipinski definition) is 3. The van der Waals surface area contributed by atoms with Crippen molar-refractivity contribution in [3.63, 3.8) is 0 Å². The summed E-state index contributed by atoms with van der Waals surface area (Å²) in [7, 11) is 3.50. The first-order valence-corrected chi connectivity index (χ1v) is 10.8. The molecule has 0 aromatic heterocycles. The van der Waals surface area contributed by atoms with E-state index in [2.05, 4.69) is 10.2 Å². The number of piperazine rings is 1. The molecular formula is C22H35ClN4O. The van der Waals surface area contributed by atoms with Gasteiger partial charge in [-0.3, -0.25) is 4.90 Å². The van der Waals surface area contributed by atoms with Crippen molar-refractivity contribution in [1.82, 2.24) is 15.1 Å². The van der Waals surface area contributed by atoms with Crippen LogP contribution in [0.5, 0.6) is 0 Å². The van der Waals surface area contributed by atoms with E-state index in [1.54, 1.807) is 19.0 Å². The maximum absolute atomic E-state index is 11.8. The molecule has 2 fully saturated rings. The molecule has 0 bridgehead atoms. The van der Waals surface area contributed by atoms with Crippen LogP contribution in [0, 0.1) is 12.8 Å². The molecule has 1 aliphatic heterocycles. The van der Waals surface area contributed by atoms with Crippen molar-refractivity contribution in [2.24, 2.45) is 5.92 Å². The SMILES string of the molecule is [2H]C([2H])(C[C@H]1CC[C@H](NC(=O)N(C)C)CC1)N1CCN(c2cccc(C)c2Cl)CC1. The highest BCUT2D eigenvalue weighted by atomic mass is 35.5. The van der Waals surface area contributed by atoms with Crippen LogP contribution in [0.4, 0.5) is 10.5 Å². The third kappa shape index (κ3) is 5.54. The summed E-state index contributed by atoms with van der Waals surface area (Å²) >= 11 is 6.48. The lowest BCUT2D eigenvalue weighted by Gasteiger charge is -2.37. The number of nitrogens with zero attached hydrogens (tertiary/aromatic N) is 3. The Balaban J connectivity index is 1.48. The van der Waals surface area contributed by atoms with Gasteiger partial charge in [-0.1, -0.05) is 23.7 Å². The van der Waals surface area contributed by atoms with Crippen molar-refractivity contribution < 1.29 is 7.54 Å². The molecular weight excluding hydrogens is 372 g/mol. The lowest BCUT2D eigenvalue weighted by atomic mass is 9.84. The highest BCUT2D eigenvalue weighted by Crippen LogP contribution is 2.30. The maximum Gasteiger partial charge on any atom is 0.317 e. The molecule has 0 radical (unpaired) electrons. The molecule has 1 aromatic carbocycles. The number of rotatable bonds is 5. The molecule has 5 nitrogen and oxygen atoms in total. The van der Waals surface area contributed by atoms with Gasteiger partial charge >= 0.3 is 6.03 Å². The molecule has 1 aliphatic carbocycles. The van der Waals surface area contributed by atoms with E-state index >= 15 is 0 Å². The number of anilines is 1. The first-order chi connectivity index (χ1) is 14.2. The van der Waals surface area contributed by atoms with Gasteiger partial charge in [0, 0.05) is 49.1 Å². The first-order valence-electron chi connectivity index (χ1n) is 11.4. The summed E-state index contributed by atoms with van der Waals surface area (Å²) in [5.41, 5.74) is 2.12. The standard InChI is InChI=1S/C22H35ClN4O/c1-17-5-4-6-20(21(17)23)27-15-13-26(14-16-27)12-11-18-7-9-19(10-8-18)24-22(28)25(2)3/h4-6,18-19H,7-16H2,1-3H3,(H,24,28)/t18-,19-/i12D2. The Kier molecular flexibility index (Phi) is 6.52. The Morgan fingerprint density at radius 2 is 1.89 bits per heavy atom. The van der Waals surface area contributed by atoms with E-state index in [4.69, 9.17) is 14.3 Å². The summed E-state index contributed by atoms with van der Waals surface area (Å²) in [6, 6.07) is 6.26. The minimum atomic E-state index is -1.30. The second-order valence-corrected chi connectivity index (χ2v) is 8.68. The van der Waals surface area contributed by atoms with Gasteiger partial charge in [0.05, 0.1) is 10.7 Å². The molecule has 1 N–H and O–H groups in total. The lowest BCUT2D eigenvalue weighted by Crippen LogP contribution is -2.47. The molecule has 28 heavy (non-hydrogen) atoms.